The Hall–Kier alpha value is -2.63. The van der Waals surface area contributed by atoms with Crippen LogP contribution in [0, 0.1) is 0 Å². The molecule has 0 unspecified atom stereocenters. The van der Waals surface area contributed by atoms with Gasteiger partial charge in [0, 0.05) is 13.6 Å². The van der Waals surface area contributed by atoms with Gasteiger partial charge in [0.2, 0.25) is 0 Å². The highest BCUT2D eigenvalue weighted by atomic mass is 16.5. The quantitative estimate of drug-likeness (QED) is 0.898. The molecule has 0 saturated carbocycles. The number of anilines is 1. The van der Waals surface area contributed by atoms with E-state index in [1.807, 2.05) is 37.1 Å². The summed E-state index contributed by atoms with van der Waals surface area (Å²) in [6.45, 7) is 2.71. The molecule has 1 amide bonds. The van der Waals surface area contributed by atoms with E-state index in [-0.39, 0.29) is 11.6 Å². The second kappa shape index (κ2) is 6.01. The highest BCUT2D eigenvalue weighted by Gasteiger charge is 2.15. The number of benzene rings is 1. The normalized spacial score (nSPS) is 10.1. The molecule has 0 bridgehead atoms. The molecule has 0 radical (unpaired) electrons. The first-order chi connectivity index (χ1) is 9.61. The lowest BCUT2D eigenvalue weighted by Gasteiger charge is -2.18. The Labute approximate surface area is 117 Å². The van der Waals surface area contributed by atoms with Crippen LogP contribution in [0.25, 0.3) is 0 Å². The summed E-state index contributed by atoms with van der Waals surface area (Å²) in [5, 5.41) is 0. The molecule has 1 heterocycles. The number of carbonyl (C=O) groups is 1. The van der Waals surface area contributed by atoms with E-state index >= 15 is 0 Å². The fraction of sp³-hybridized carbons (Fsp3) is 0.214. The van der Waals surface area contributed by atoms with Crippen LogP contribution in [0.4, 0.5) is 5.82 Å². The number of nitrogens with zero attached hydrogens (tertiary/aromatic N) is 3. The number of primary amides is 1. The van der Waals surface area contributed by atoms with E-state index in [0.29, 0.717) is 11.6 Å². The number of para-hydroxylation sites is 1. The zero-order valence-corrected chi connectivity index (χ0v) is 11.4. The Kier molecular flexibility index (Phi) is 4.14. The number of aromatic nitrogens is 2. The van der Waals surface area contributed by atoms with Crippen molar-refractivity contribution in [2.75, 3.05) is 18.5 Å². The van der Waals surface area contributed by atoms with Crippen LogP contribution in [-0.4, -0.2) is 29.5 Å². The third-order valence-electron chi connectivity index (χ3n) is 2.77. The molecule has 0 saturated heterocycles. The molecule has 2 aromatic rings. The van der Waals surface area contributed by atoms with Crippen molar-refractivity contribution < 1.29 is 9.53 Å². The van der Waals surface area contributed by atoms with Crippen molar-refractivity contribution in [1.29, 1.82) is 0 Å². The molecule has 0 aliphatic carbocycles. The standard InChI is InChI=1S/C14H16N4O2/c1-3-18(2)13-14(17-11(9-16-13)12(15)19)20-10-7-5-4-6-8-10/h4-9H,3H2,1-2H3,(H2,15,19). The fourth-order valence-corrected chi connectivity index (χ4v) is 1.56. The molecule has 1 aromatic heterocycles. The summed E-state index contributed by atoms with van der Waals surface area (Å²) < 4.78 is 5.70. The van der Waals surface area contributed by atoms with Gasteiger partial charge < -0.3 is 15.4 Å². The lowest BCUT2D eigenvalue weighted by Crippen LogP contribution is -2.20. The van der Waals surface area contributed by atoms with E-state index in [1.54, 1.807) is 12.1 Å². The molecule has 104 valence electrons. The van der Waals surface area contributed by atoms with Gasteiger partial charge in [0.25, 0.3) is 11.8 Å². The van der Waals surface area contributed by atoms with Crippen molar-refractivity contribution in [2.45, 2.75) is 6.92 Å². The average molecular weight is 272 g/mol. The van der Waals surface area contributed by atoms with Gasteiger partial charge >= 0.3 is 0 Å². The number of nitrogens with two attached hydrogens (primary N) is 1. The summed E-state index contributed by atoms with van der Waals surface area (Å²) in [7, 11) is 1.87. The summed E-state index contributed by atoms with van der Waals surface area (Å²) in [5.74, 6) is 0.800. The van der Waals surface area contributed by atoms with Crippen LogP contribution >= 0.6 is 0 Å². The Morgan fingerprint density at radius 1 is 1.35 bits per heavy atom. The number of ether oxygens (including phenoxy) is 1. The number of hydrogen-bond donors (Lipinski definition) is 1. The smallest absolute Gasteiger partial charge is 0.269 e. The predicted molar refractivity (Wildman–Crippen MR) is 76.0 cm³/mol. The molecular formula is C14H16N4O2. The third kappa shape index (κ3) is 3.03. The third-order valence-corrected chi connectivity index (χ3v) is 2.77. The van der Waals surface area contributed by atoms with Gasteiger partial charge in [-0.1, -0.05) is 18.2 Å². The Balaban J connectivity index is 2.41. The summed E-state index contributed by atoms with van der Waals surface area (Å²) in [4.78, 5) is 21.4. The Morgan fingerprint density at radius 3 is 2.65 bits per heavy atom. The van der Waals surface area contributed by atoms with Gasteiger partial charge in [0.15, 0.2) is 5.82 Å². The minimum Gasteiger partial charge on any atom is -0.436 e. The number of carbonyl (C=O) groups excluding carboxylic acids is 1. The molecule has 6 nitrogen and oxygen atoms in total. The highest BCUT2D eigenvalue weighted by molar-refractivity contribution is 5.90. The van der Waals surface area contributed by atoms with Crippen LogP contribution in [0.3, 0.4) is 0 Å². The van der Waals surface area contributed by atoms with Crippen molar-refractivity contribution in [3.63, 3.8) is 0 Å². The van der Waals surface area contributed by atoms with Crippen molar-refractivity contribution in [3.05, 3.63) is 42.2 Å². The molecule has 0 fully saturated rings. The van der Waals surface area contributed by atoms with Crippen molar-refractivity contribution >= 4 is 11.7 Å². The van der Waals surface area contributed by atoms with Gasteiger partial charge in [0.1, 0.15) is 11.4 Å². The van der Waals surface area contributed by atoms with E-state index in [2.05, 4.69) is 9.97 Å². The van der Waals surface area contributed by atoms with E-state index in [4.69, 9.17) is 10.5 Å². The minimum absolute atomic E-state index is 0.0733. The predicted octanol–water partition coefficient (Wildman–Crippen LogP) is 1.82. The average Bonchev–Trinajstić information content (AvgIpc) is 2.47. The van der Waals surface area contributed by atoms with E-state index in [1.165, 1.54) is 6.20 Å². The molecule has 1 aromatic carbocycles. The summed E-state index contributed by atoms with van der Waals surface area (Å²) in [6, 6.07) is 9.19. The zero-order valence-electron chi connectivity index (χ0n) is 11.4. The highest BCUT2D eigenvalue weighted by Crippen LogP contribution is 2.27. The van der Waals surface area contributed by atoms with E-state index in [0.717, 1.165) is 6.54 Å². The molecule has 0 spiro atoms. The summed E-state index contributed by atoms with van der Waals surface area (Å²) in [5.41, 5.74) is 5.30. The SMILES string of the molecule is CCN(C)c1ncc(C(N)=O)nc1Oc1ccccc1. The maximum atomic E-state index is 11.2. The molecule has 0 atom stereocenters. The van der Waals surface area contributed by atoms with Crippen LogP contribution in [0.15, 0.2) is 36.5 Å². The van der Waals surface area contributed by atoms with Crippen LogP contribution in [-0.2, 0) is 0 Å². The molecule has 6 heteroatoms. The molecule has 0 aliphatic rings. The summed E-state index contributed by atoms with van der Waals surface area (Å²) >= 11 is 0. The van der Waals surface area contributed by atoms with Gasteiger partial charge in [-0.15, -0.1) is 0 Å². The zero-order chi connectivity index (χ0) is 14.5. The number of amides is 1. The minimum atomic E-state index is -0.638. The number of rotatable bonds is 5. The van der Waals surface area contributed by atoms with Gasteiger partial charge in [-0.3, -0.25) is 4.79 Å². The fourth-order valence-electron chi connectivity index (χ4n) is 1.56. The molecular weight excluding hydrogens is 256 g/mol. The van der Waals surface area contributed by atoms with Gasteiger partial charge in [0.05, 0.1) is 6.20 Å². The maximum absolute atomic E-state index is 11.2. The second-order valence-electron chi connectivity index (χ2n) is 4.18. The van der Waals surface area contributed by atoms with Gasteiger partial charge in [-0.2, -0.15) is 0 Å². The molecule has 2 rings (SSSR count). The van der Waals surface area contributed by atoms with Gasteiger partial charge in [-0.25, -0.2) is 9.97 Å². The largest absolute Gasteiger partial charge is 0.436 e. The Morgan fingerprint density at radius 2 is 2.05 bits per heavy atom. The monoisotopic (exact) mass is 272 g/mol. The number of hydrogen-bond acceptors (Lipinski definition) is 5. The first-order valence-corrected chi connectivity index (χ1v) is 6.22. The summed E-state index contributed by atoms with van der Waals surface area (Å²) in [6.07, 6.45) is 1.35. The topological polar surface area (TPSA) is 81.3 Å². The Bertz CT molecular complexity index is 601. The molecule has 2 N–H and O–H groups in total. The lowest BCUT2D eigenvalue weighted by atomic mass is 10.3. The van der Waals surface area contributed by atoms with Crippen molar-refractivity contribution in [1.82, 2.24) is 9.97 Å². The van der Waals surface area contributed by atoms with Crippen LogP contribution in [0.5, 0.6) is 11.6 Å². The maximum Gasteiger partial charge on any atom is 0.269 e. The first-order valence-electron chi connectivity index (χ1n) is 6.22. The van der Waals surface area contributed by atoms with Crippen LogP contribution < -0.4 is 15.4 Å². The second-order valence-corrected chi connectivity index (χ2v) is 4.18. The van der Waals surface area contributed by atoms with Crippen molar-refractivity contribution in [3.8, 4) is 11.6 Å². The first kappa shape index (κ1) is 13.8. The van der Waals surface area contributed by atoms with Crippen LogP contribution in [0.2, 0.25) is 0 Å². The molecule has 20 heavy (non-hydrogen) atoms. The van der Waals surface area contributed by atoms with Crippen molar-refractivity contribution in [2.24, 2.45) is 5.73 Å². The van der Waals surface area contributed by atoms with E-state index < -0.39 is 5.91 Å². The van der Waals surface area contributed by atoms with E-state index in [9.17, 15) is 4.79 Å². The van der Waals surface area contributed by atoms with Gasteiger partial charge in [-0.05, 0) is 19.1 Å². The van der Waals surface area contributed by atoms with Crippen LogP contribution in [0.1, 0.15) is 17.4 Å². The lowest BCUT2D eigenvalue weighted by molar-refractivity contribution is 0.0994. The molecule has 0 aliphatic heterocycles.